The topological polar surface area (TPSA) is 48.5 Å². The van der Waals surface area contributed by atoms with Crippen molar-refractivity contribution in [2.45, 2.75) is 57.4 Å². The van der Waals surface area contributed by atoms with Crippen molar-refractivity contribution in [2.75, 3.05) is 31.1 Å². The summed E-state index contributed by atoms with van der Waals surface area (Å²) >= 11 is 0. The summed E-state index contributed by atoms with van der Waals surface area (Å²) in [4.78, 5) is 21.7. The highest BCUT2D eigenvalue weighted by molar-refractivity contribution is 5.75. The van der Waals surface area contributed by atoms with Crippen molar-refractivity contribution in [1.29, 1.82) is 0 Å². The maximum absolute atomic E-state index is 12.7. The zero-order valence-corrected chi connectivity index (χ0v) is 15.1. The van der Waals surface area contributed by atoms with E-state index in [2.05, 4.69) is 32.2 Å². The van der Waals surface area contributed by atoms with Gasteiger partial charge in [-0.25, -0.2) is 9.78 Å². The van der Waals surface area contributed by atoms with E-state index in [1.807, 2.05) is 12.3 Å². The maximum atomic E-state index is 12.7. The summed E-state index contributed by atoms with van der Waals surface area (Å²) in [6, 6.07) is 6.69. The standard InChI is InChI=1S/C20H30N4O/c25-19(22-17-7-2-1-3-8-17)24-14-11-20(16-24)10-6-13-23(15-20)18-9-4-5-12-21-18/h4-5,9,12,17H,1-3,6-8,10-11,13-16H2,(H,22,25)/t20-/m0/s1. The summed E-state index contributed by atoms with van der Waals surface area (Å²) < 4.78 is 0. The number of hydrogen-bond acceptors (Lipinski definition) is 3. The normalized spacial score (nSPS) is 27.7. The molecule has 0 unspecified atom stereocenters. The van der Waals surface area contributed by atoms with Crippen LogP contribution in [0.3, 0.4) is 0 Å². The Bertz CT molecular complexity index is 587. The second-order valence-electron chi connectivity index (χ2n) is 8.17. The highest BCUT2D eigenvalue weighted by Crippen LogP contribution is 2.40. The molecule has 0 radical (unpaired) electrons. The number of anilines is 1. The SMILES string of the molecule is O=C(NC1CCCCC1)N1CC[C@]2(CCCN(c3ccccn3)C2)C1. The molecule has 1 N–H and O–H groups in total. The van der Waals surface area contributed by atoms with Crippen molar-refractivity contribution in [1.82, 2.24) is 15.2 Å². The number of nitrogens with zero attached hydrogens (tertiary/aromatic N) is 3. The van der Waals surface area contributed by atoms with E-state index in [1.54, 1.807) is 0 Å². The van der Waals surface area contributed by atoms with Crippen LogP contribution in [-0.2, 0) is 0 Å². The molecule has 5 heteroatoms. The number of urea groups is 1. The van der Waals surface area contributed by atoms with Gasteiger partial charge in [-0.2, -0.15) is 0 Å². The minimum absolute atomic E-state index is 0.165. The monoisotopic (exact) mass is 342 g/mol. The van der Waals surface area contributed by atoms with Gasteiger partial charge in [0.25, 0.3) is 0 Å². The van der Waals surface area contributed by atoms with Gasteiger partial charge in [0, 0.05) is 43.8 Å². The van der Waals surface area contributed by atoms with Crippen LogP contribution in [0, 0.1) is 5.41 Å². The molecule has 136 valence electrons. The number of amides is 2. The molecule has 2 aliphatic heterocycles. The highest BCUT2D eigenvalue weighted by atomic mass is 16.2. The van der Waals surface area contributed by atoms with E-state index in [9.17, 15) is 4.79 Å². The first-order valence-corrected chi connectivity index (χ1v) is 9.96. The predicted octanol–water partition coefficient (Wildman–Crippen LogP) is 3.42. The molecule has 3 aliphatic rings. The van der Waals surface area contributed by atoms with Crippen LogP contribution in [-0.4, -0.2) is 48.1 Å². The van der Waals surface area contributed by atoms with Crippen LogP contribution in [0.5, 0.6) is 0 Å². The Labute approximate surface area is 150 Å². The highest BCUT2D eigenvalue weighted by Gasteiger charge is 2.43. The van der Waals surface area contributed by atoms with Crippen LogP contribution in [0.1, 0.15) is 51.4 Å². The quantitative estimate of drug-likeness (QED) is 0.896. The Morgan fingerprint density at radius 2 is 1.96 bits per heavy atom. The molecule has 25 heavy (non-hydrogen) atoms. The van der Waals surface area contributed by atoms with E-state index >= 15 is 0 Å². The third-order valence-electron chi connectivity index (χ3n) is 6.29. The predicted molar refractivity (Wildman–Crippen MR) is 99.7 cm³/mol. The lowest BCUT2D eigenvalue weighted by atomic mass is 9.79. The van der Waals surface area contributed by atoms with E-state index in [0.29, 0.717) is 6.04 Å². The average molecular weight is 342 g/mol. The van der Waals surface area contributed by atoms with Crippen LogP contribution in [0.25, 0.3) is 0 Å². The summed E-state index contributed by atoms with van der Waals surface area (Å²) in [7, 11) is 0. The molecule has 1 saturated carbocycles. The van der Waals surface area contributed by atoms with Gasteiger partial charge in [0.15, 0.2) is 0 Å². The number of carbonyl (C=O) groups excluding carboxylic acids is 1. The Hall–Kier alpha value is -1.78. The minimum Gasteiger partial charge on any atom is -0.356 e. The molecule has 1 aromatic heterocycles. The number of hydrogen-bond donors (Lipinski definition) is 1. The van der Waals surface area contributed by atoms with Crippen molar-refractivity contribution in [3.63, 3.8) is 0 Å². The van der Waals surface area contributed by atoms with Gasteiger partial charge in [-0.1, -0.05) is 25.3 Å². The first kappa shape index (κ1) is 16.7. The molecule has 2 saturated heterocycles. The largest absolute Gasteiger partial charge is 0.356 e. The van der Waals surface area contributed by atoms with Gasteiger partial charge in [-0.05, 0) is 44.2 Å². The fraction of sp³-hybridized carbons (Fsp3) is 0.700. The fourth-order valence-electron chi connectivity index (χ4n) is 4.90. The molecule has 5 nitrogen and oxygen atoms in total. The summed E-state index contributed by atoms with van der Waals surface area (Å²) in [5, 5.41) is 3.29. The first-order valence-electron chi connectivity index (χ1n) is 9.96. The third-order valence-corrected chi connectivity index (χ3v) is 6.29. The summed E-state index contributed by atoms with van der Waals surface area (Å²) in [5.41, 5.74) is 0.250. The lowest BCUT2D eigenvalue weighted by molar-refractivity contribution is 0.185. The Morgan fingerprint density at radius 1 is 1.08 bits per heavy atom. The first-order chi connectivity index (χ1) is 12.2. The van der Waals surface area contributed by atoms with Crippen molar-refractivity contribution < 1.29 is 4.79 Å². The van der Waals surface area contributed by atoms with Gasteiger partial charge in [-0.3, -0.25) is 0 Å². The molecular weight excluding hydrogens is 312 g/mol. The average Bonchev–Trinajstić information content (AvgIpc) is 3.07. The van der Waals surface area contributed by atoms with Crippen molar-refractivity contribution in [3.8, 4) is 0 Å². The smallest absolute Gasteiger partial charge is 0.317 e. The Kier molecular flexibility index (Phi) is 4.82. The molecule has 1 spiro atoms. The van der Waals surface area contributed by atoms with Gasteiger partial charge in [0.1, 0.15) is 5.82 Å². The van der Waals surface area contributed by atoms with Crippen LogP contribution in [0.15, 0.2) is 24.4 Å². The molecule has 1 aliphatic carbocycles. The molecule has 3 fully saturated rings. The van der Waals surface area contributed by atoms with Crippen LogP contribution in [0.4, 0.5) is 10.6 Å². The molecule has 0 aromatic carbocycles. The van der Waals surface area contributed by atoms with Gasteiger partial charge in [0.2, 0.25) is 0 Å². The zero-order valence-electron chi connectivity index (χ0n) is 15.1. The van der Waals surface area contributed by atoms with Crippen LogP contribution >= 0.6 is 0 Å². The summed E-state index contributed by atoms with van der Waals surface area (Å²) in [5.74, 6) is 1.08. The van der Waals surface area contributed by atoms with E-state index in [4.69, 9.17) is 0 Å². The van der Waals surface area contributed by atoms with Gasteiger partial charge in [0.05, 0.1) is 0 Å². The second kappa shape index (κ2) is 7.22. The van der Waals surface area contributed by atoms with E-state index in [1.165, 1.54) is 32.1 Å². The molecule has 2 amide bonds. The fourth-order valence-corrected chi connectivity index (χ4v) is 4.90. The molecule has 1 atom stereocenters. The van der Waals surface area contributed by atoms with Gasteiger partial charge in [-0.15, -0.1) is 0 Å². The number of piperidine rings is 1. The molecule has 1 aromatic rings. The molecular formula is C20H30N4O. The summed E-state index contributed by atoms with van der Waals surface area (Å²) in [6.45, 7) is 3.90. The second-order valence-corrected chi connectivity index (χ2v) is 8.17. The Balaban J connectivity index is 1.36. The number of carbonyl (C=O) groups is 1. The van der Waals surface area contributed by atoms with Crippen LogP contribution < -0.4 is 10.2 Å². The number of likely N-dealkylation sites (tertiary alicyclic amines) is 1. The van der Waals surface area contributed by atoms with E-state index < -0.39 is 0 Å². The lowest BCUT2D eigenvalue weighted by Crippen LogP contribution is -2.48. The van der Waals surface area contributed by atoms with Crippen molar-refractivity contribution in [3.05, 3.63) is 24.4 Å². The number of pyridine rings is 1. The minimum atomic E-state index is 0.165. The van der Waals surface area contributed by atoms with Gasteiger partial charge < -0.3 is 15.1 Å². The van der Waals surface area contributed by atoms with E-state index in [-0.39, 0.29) is 11.4 Å². The number of nitrogens with one attached hydrogen (secondary N) is 1. The van der Waals surface area contributed by atoms with Crippen molar-refractivity contribution in [2.24, 2.45) is 5.41 Å². The van der Waals surface area contributed by atoms with E-state index in [0.717, 1.165) is 51.3 Å². The third kappa shape index (κ3) is 3.75. The Morgan fingerprint density at radius 3 is 2.76 bits per heavy atom. The maximum Gasteiger partial charge on any atom is 0.317 e. The van der Waals surface area contributed by atoms with Crippen LogP contribution in [0.2, 0.25) is 0 Å². The lowest BCUT2D eigenvalue weighted by Gasteiger charge is -2.41. The molecule has 4 rings (SSSR count). The summed E-state index contributed by atoms with van der Waals surface area (Å²) in [6.07, 6.45) is 11.5. The van der Waals surface area contributed by atoms with Crippen molar-refractivity contribution >= 4 is 11.8 Å². The van der Waals surface area contributed by atoms with Gasteiger partial charge >= 0.3 is 6.03 Å². The number of aromatic nitrogens is 1. The number of rotatable bonds is 2. The zero-order chi connectivity index (χ0) is 17.1. The molecule has 3 heterocycles. The molecule has 0 bridgehead atoms.